The first-order valence-corrected chi connectivity index (χ1v) is 8.82. The van der Waals surface area contributed by atoms with Gasteiger partial charge in [0.25, 0.3) is 11.8 Å². The maximum Gasteiger partial charge on any atom is 0.338 e. The van der Waals surface area contributed by atoms with Crippen LogP contribution in [0.1, 0.15) is 44.0 Å². The number of anilines is 1. The smallest absolute Gasteiger partial charge is 0.338 e. The zero-order valence-electron chi connectivity index (χ0n) is 15.2. The molecule has 3 rings (SSSR count). The Hall–Kier alpha value is -2.47. The Morgan fingerprint density at radius 1 is 1.12 bits per heavy atom. The van der Waals surface area contributed by atoms with E-state index in [4.69, 9.17) is 9.47 Å². The number of carbonyl (C=O) groups excluding carboxylic acids is 3. The third-order valence-electron chi connectivity index (χ3n) is 5.53. The minimum atomic E-state index is -0.412. The molecule has 0 bridgehead atoms. The number of esters is 1. The Balaban J connectivity index is 1.49. The van der Waals surface area contributed by atoms with E-state index >= 15 is 0 Å². The molecule has 0 N–H and O–H groups in total. The van der Waals surface area contributed by atoms with Gasteiger partial charge in [-0.15, -0.1) is 0 Å². The van der Waals surface area contributed by atoms with E-state index in [9.17, 15) is 14.4 Å². The molecule has 2 amide bonds. The van der Waals surface area contributed by atoms with Crippen LogP contribution in [0.3, 0.4) is 0 Å². The standard InChI is InChI=1S/C20H23NO5/c1-13-20(3,14(2)26-13)11-4-12-25-19(24)15-5-7-16(8-6-15)21-17(22)9-10-18(21)23/h5-10,13-14H,4,11-12H2,1-3H3. The van der Waals surface area contributed by atoms with Crippen LogP contribution in [-0.4, -0.2) is 36.6 Å². The first-order chi connectivity index (χ1) is 12.3. The van der Waals surface area contributed by atoms with Crippen molar-refractivity contribution in [1.82, 2.24) is 0 Å². The monoisotopic (exact) mass is 357 g/mol. The lowest BCUT2D eigenvalue weighted by Gasteiger charge is -2.51. The number of amides is 2. The molecule has 0 aromatic heterocycles. The van der Waals surface area contributed by atoms with Gasteiger partial charge in [-0.3, -0.25) is 9.59 Å². The molecule has 2 atom stereocenters. The van der Waals surface area contributed by atoms with Gasteiger partial charge in [0.1, 0.15) is 0 Å². The van der Waals surface area contributed by atoms with Gasteiger partial charge in [0.15, 0.2) is 0 Å². The molecule has 0 aliphatic carbocycles. The number of hydrogen-bond donors (Lipinski definition) is 0. The van der Waals surface area contributed by atoms with Crippen molar-refractivity contribution < 1.29 is 23.9 Å². The minimum Gasteiger partial charge on any atom is -0.462 e. The molecular formula is C20H23NO5. The average Bonchev–Trinajstić information content (AvgIpc) is 2.97. The normalized spacial score (nSPS) is 27.6. The summed E-state index contributed by atoms with van der Waals surface area (Å²) in [5.41, 5.74) is 0.958. The van der Waals surface area contributed by atoms with Gasteiger partial charge in [0.2, 0.25) is 0 Å². The number of carbonyl (C=O) groups is 3. The maximum atomic E-state index is 12.1. The number of nitrogens with zero attached hydrogens (tertiary/aromatic N) is 1. The Bertz CT molecular complexity index is 726. The SMILES string of the molecule is CC1OC(C)C1(C)CCCOC(=O)c1ccc(N2C(=O)C=CC2=O)cc1. The summed E-state index contributed by atoms with van der Waals surface area (Å²) in [7, 11) is 0. The Morgan fingerprint density at radius 3 is 2.23 bits per heavy atom. The summed E-state index contributed by atoms with van der Waals surface area (Å²) in [6.45, 7) is 6.68. The molecule has 6 nitrogen and oxygen atoms in total. The Morgan fingerprint density at radius 2 is 1.69 bits per heavy atom. The van der Waals surface area contributed by atoms with Crippen molar-refractivity contribution in [3.8, 4) is 0 Å². The Kier molecular flexibility index (Phi) is 4.96. The molecule has 6 heteroatoms. The van der Waals surface area contributed by atoms with Gasteiger partial charge < -0.3 is 9.47 Å². The highest BCUT2D eigenvalue weighted by atomic mass is 16.5. The molecule has 1 aromatic carbocycles. The molecule has 0 radical (unpaired) electrons. The van der Waals surface area contributed by atoms with E-state index in [1.54, 1.807) is 24.3 Å². The molecule has 0 saturated carbocycles. The van der Waals surface area contributed by atoms with E-state index < -0.39 is 5.97 Å². The van der Waals surface area contributed by atoms with Crippen molar-refractivity contribution in [3.05, 3.63) is 42.0 Å². The van der Waals surface area contributed by atoms with Crippen LogP contribution < -0.4 is 4.90 Å². The lowest BCUT2D eigenvalue weighted by atomic mass is 9.71. The third kappa shape index (κ3) is 3.29. The summed E-state index contributed by atoms with van der Waals surface area (Å²) < 4.78 is 10.9. The van der Waals surface area contributed by atoms with Crippen molar-refractivity contribution in [2.24, 2.45) is 5.41 Å². The van der Waals surface area contributed by atoms with E-state index in [0.29, 0.717) is 17.9 Å². The summed E-state index contributed by atoms with van der Waals surface area (Å²) in [6.07, 6.45) is 4.62. The zero-order chi connectivity index (χ0) is 18.9. The molecule has 2 aliphatic heterocycles. The lowest BCUT2D eigenvalue weighted by Crippen LogP contribution is -2.54. The van der Waals surface area contributed by atoms with Crippen molar-refractivity contribution in [1.29, 1.82) is 0 Å². The second kappa shape index (κ2) is 7.03. The van der Waals surface area contributed by atoms with Crippen molar-refractivity contribution in [3.63, 3.8) is 0 Å². The average molecular weight is 357 g/mol. The van der Waals surface area contributed by atoms with Crippen LogP contribution in [0.2, 0.25) is 0 Å². The summed E-state index contributed by atoms with van der Waals surface area (Å²) >= 11 is 0. The number of benzene rings is 1. The third-order valence-corrected chi connectivity index (χ3v) is 5.53. The summed E-state index contributed by atoms with van der Waals surface area (Å²) in [5, 5.41) is 0. The number of hydrogen-bond acceptors (Lipinski definition) is 5. The van der Waals surface area contributed by atoms with Crippen LogP contribution >= 0.6 is 0 Å². The topological polar surface area (TPSA) is 72.9 Å². The van der Waals surface area contributed by atoms with E-state index in [0.717, 1.165) is 17.7 Å². The van der Waals surface area contributed by atoms with Crippen LogP contribution in [0.4, 0.5) is 5.69 Å². The second-order valence-electron chi connectivity index (χ2n) is 7.06. The largest absolute Gasteiger partial charge is 0.462 e. The van der Waals surface area contributed by atoms with E-state index in [1.807, 2.05) is 0 Å². The van der Waals surface area contributed by atoms with Gasteiger partial charge in [0, 0.05) is 17.6 Å². The first kappa shape index (κ1) is 18.3. The molecule has 1 fully saturated rings. The van der Waals surface area contributed by atoms with Crippen molar-refractivity contribution in [2.75, 3.05) is 11.5 Å². The highest BCUT2D eigenvalue weighted by molar-refractivity contribution is 6.28. The van der Waals surface area contributed by atoms with Crippen molar-refractivity contribution >= 4 is 23.5 Å². The van der Waals surface area contributed by atoms with Crippen LogP contribution in [0.25, 0.3) is 0 Å². The minimum absolute atomic E-state index is 0.136. The van der Waals surface area contributed by atoms with E-state index in [-0.39, 0.29) is 29.4 Å². The molecule has 138 valence electrons. The predicted octanol–water partition coefficient (Wildman–Crippen LogP) is 2.87. The maximum absolute atomic E-state index is 12.1. The van der Waals surface area contributed by atoms with Gasteiger partial charge in [-0.25, -0.2) is 9.69 Å². The van der Waals surface area contributed by atoms with Crippen LogP contribution in [0.5, 0.6) is 0 Å². The fourth-order valence-corrected chi connectivity index (χ4v) is 3.38. The fourth-order valence-electron chi connectivity index (χ4n) is 3.38. The molecule has 1 aromatic rings. The van der Waals surface area contributed by atoms with E-state index in [1.165, 1.54) is 12.2 Å². The predicted molar refractivity (Wildman–Crippen MR) is 95.7 cm³/mol. The van der Waals surface area contributed by atoms with Gasteiger partial charge in [-0.2, -0.15) is 0 Å². The lowest BCUT2D eigenvalue weighted by molar-refractivity contribution is -0.229. The molecule has 2 aliphatic rings. The Labute approximate surface area is 152 Å². The zero-order valence-corrected chi connectivity index (χ0v) is 15.2. The second-order valence-corrected chi connectivity index (χ2v) is 7.06. The van der Waals surface area contributed by atoms with Gasteiger partial charge >= 0.3 is 5.97 Å². The summed E-state index contributed by atoms with van der Waals surface area (Å²) in [4.78, 5) is 36.5. The number of imide groups is 1. The first-order valence-electron chi connectivity index (χ1n) is 8.82. The van der Waals surface area contributed by atoms with Gasteiger partial charge in [-0.1, -0.05) is 6.92 Å². The van der Waals surface area contributed by atoms with Crippen LogP contribution in [-0.2, 0) is 19.1 Å². The molecule has 26 heavy (non-hydrogen) atoms. The van der Waals surface area contributed by atoms with E-state index in [2.05, 4.69) is 20.8 Å². The quantitative estimate of drug-likeness (QED) is 0.445. The number of ether oxygens (including phenoxy) is 2. The molecular weight excluding hydrogens is 334 g/mol. The molecule has 1 saturated heterocycles. The molecule has 0 spiro atoms. The molecule has 2 unspecified atom stereocenters. The van der Waals surface area contributed by atoms with Gasteiger partial charge in [0.05, 0.1) is 30.1 Å². The molecule has 2 heterocycles. The van der Waals surface area contributed by atoms with Crippen molar-refractivity contribution in [2.45, 2.75) is 45.8 Å². The van der Waals surface area contributed by atoms with Gasteiger partial charge in [-0.05, 0) is 51.0 Å². The highest BCUT2D eigenvalue weighted by Crippen LogP contribution is 2.44. The summed E-state index contributed by atoms with van der Waals surface area (Å²) in [6, 6.07) is 6.24. The summed E-state index contributed by atoms with van der Waals surface area (Å²) in [5.74, 6) is -1.19. The highest BCUT2D eigenvalue weighted by Gasteiger charge is 2.47. The van der Waals surface area contributed by atoms with Crippen LogP contribution in [0.15, 0.2) is 36.4 Å². The fraction of sp³-hybridized carbons (Fsp3) is 0.450. The number of rotatable bonds is 6. The van der Waals surface area contributed by atoms with Crippen LogP contribution in [0, 0.1) is 5.41 Å².